The number of halogens is 1. The topological polar surface area (TPSA) is 37.8 Å². The van der Waals surface area contributed by atoms with Gasteiger partial charge >= 0.3 is 0 Å². The third-order valence-corrected chi connectivity index (χ3v) is 3.83. The number of nitrogens with zero attached hydrogens (tertiary/aromatic N) is 2. The lowest BCUT2D eigenvalue weighted by atomic mass is 9.63. The summed E-state index contributed by atoms with van der Waals surface area (Å²) in [6.45, 7) is 9.34. The maximum Gasteiger partial charge on any atom is 0.171 e. The second-order valence-corrected chi connectivity index (χ2v) is 7.31. The van der Waals surface area contributed by atoms with Crippen molar-refractivity contribution in [2.45, 2.75) is 53.0 Å². The van der Waals surface area contributed by atoms with Gasteiger partial charge in [-0.25, -0.2) is 9.97 Å². The van der Waals surface area contributed by atoms with Crippen molar-refractivity contribution in [1.29, 1.82) is 0 Å². The lowest BCUT2D eigenvalue weighted by molar-refractivity contribution is 0.105. The minimum atomic E-state index is 0.355. The molecule has 1 aromatic heterocycles. The Bertz CT molecular complexity index is 413. The number of anilines is 1. The van der Waals surface area contributed by atoms with Gasteiger partial charge < -0.3 is 5.32 Å². The molecule has 18 heavy (non-hydrogen) atoms. The van der Waals surface area contributed by atoms with Crippen molar-refractivity contribution in [2.75, 3.05) is 5.32 Å². The van der Waals surface area contributed by atoms with Crippen LogP contribution in [0.5, 0.6) is 0 Å². The molecule has 0 radical (unpaired) electrons. The predicted octanol–water partition coefficient (Wildman–Crippen LogP) is 4.15. The summed E-state index contributed by atoms with van der Waals surface area (Å²) in [6, 6.07) is 0.415. The fraction of sp³-hybridized carbons (Fsp3) is 0.714. The van der Waals surface area contributed by atoms with Gasteiger partial charge in [0.2, 0.25) is 0 Å². The highest BCUT2D eigenvalue weighted by atomic mass is 35.5. The molecule has 0 aromatic carbocycles. The average molecular weight is 268 g/mol. The molecule has 0 atom stereocenters. The third kappa shape index (κ3) is 3.35. The molecule has 4 heteroatoms. The lowest BCUT2D eigenvalue weighted by Crippen LogP contribution is -2.40. The zero-order valence-corrected chi connectivity index (χ0v) is 12.4. The fourth-order valence-electron chi connectivity index (χ4n) is 3.56. The number of nitrogens with one attached hydrogen (secondary N) is 1. The molecule has 100 valence electrons. The summed E-state index contributed by atoms with van der Waals surface area (Å²) >= 11 is 6.05. The summed E-state index contributed by atoms with van der Waals surface area (Å²) in [5.74, 6) is 0.706. The zero-order valence-electron chi connectivity index (χ0n) is 11.6. The zero-order chi connectivity index (χ0) is 13.4. The van der Waals surface area contributed by atoms with E-state index in [1.54, 1.807) is 12.4 Å². The molecule has 3 nitrogen and oxygen atoms in total. The summed E-state index contributed by atoms with van der Waals surface area (Å²) in [5, 5.41) is 3.91. The van der Waals surface area contributed by atoms with Gasteiger partial charge in [-0.3, -0.25) is 0 Å². The van der Waals surface area contributed by atoms with E-state index in [0.29, 0.717) is 27.8 Å². The van der Waals surface area contributed by atoms with E-state index in [1.807, 2.05) is 0 Å². The highest BCUT2D eigenvalue weighted by Crippen LogP contribution is 2.46. The maximum absolute atomic E-state index is 6.05. The molecular formula is C14H22ClN3. The highest BCUT2D eigenvalue weighted by Gasteiger charge is 2.38. The normalized spacial score (nSPS) is 22.7. The van der Waals surface area contributed by atoms with Crippen molar-refractivity contribution in [3.63, 3.8) is 0 Å². The molecule has 1 heterocycles. The Morgan fingerprint density at radius 1 is 1.11 bits per heavy atom. The minimum absolute atomic E-state index is 0.355. The number of rotatable bonds is 2. The van der Waals surface area contributed by atoms with Crippen molar-refractivity contribution in [3.8, 4) is 0 Å². The van der Waals surface area contributed by atoms with E-state index in [4.69, 9.17) is 11.6 Å². The van der Waals surface area contributed by atoms with Crippen LogP contribution in [0.2, 0.25) is 5.15 Å². The highest BCUT2D eigenvalue weighted by molar-refractivity contribution is 6.31. The SMILES string of the molecule is CC1(C)CC(Nc2nccnc2Cl)CC(C)(C)C1. The van der Waals surface area contributed by atoms with Crippen LogP contribution in [0.15, 0.2) is 12.4 Å². The first-order valence-electron chi connectivity index (χ1n) is 6.51. The second kappa shape index (κ2) is 4.69. The molecule has 0 amide bonds. The van der Waals surface area contributed by atoms with Crippen LogP contribution in [0.4, 0.5) is 5.82 Å². The van der Waals surface area contributed by atoms with Gasteiger partial charge in [0.05, 0.1) is 0 Å². The first kappa shape index (κ1) is 13.6. The Morgan fingerprint density at radius 3 is 2.22 bits per heavy atom. The molecule has 1 aliphatic rings. The second-order valence-electron chi connectivity index (χ2n) is 6.95. The van der Waals surface area contributed by atoms with Crippen molar-refractivity contribution in [2.24, 2.45) is 10.8 Å². The van der Waals surface area contributed by atoms with E-state index in [1.165, 1.54) is 6.42 Å². The Labute approximate surface area is 114 Å². The van der Waals surface area contributed by atoms with Gasteiger partial charge in [0.15, 0.2) is 11.0 Å². The number of hydrogen-bond donors (Lipinski definition) is 1. The van der Waals surface area contributed by atoms with E-state index in [2.05, 4.69) is 43.0 Å². The Hall–Kier alpha value is -0.830. The average Bonchev–Trinajstić information content (AvgIpc) is 2.16. The molecule has 1 fully saturated rings. The van der Waals surface area contributed by atoms with Crippen LogP contribution in [0.3, 0.4) is 0 Å². The Kier molecular flexibility index (Phi) is 3.54. The van der Waals surface area contributed by atoms with Gasteiger partial charge in [0.25, 0.3) is 0 Å². The standard InChI is InChI=1S/C14H22ClN3/c1-13(2)7-10(8-14(3,4)9-13)18-12-11(15)16-5-6-17-12/h5-6,10H,7-9H2,1-4H3,(H,17,18). The minimum Gasteiger partial charge on any atom is -0.365 e. The molecule has 0 unspecified atom stereocenters. The maximum atomic E-state index is 6.05. The van der Waals surface area contributed by atoms with E-state index in [-0.39, 0.29) is 0 Å². The molecule has 0 saturated heterocycles. The Balaban J connectivity index is 2.12. The molecule has 1 saturated carbocycles. The van der Waals surface area contributed by atoms with Gasteiger partial charge in [0, 0.05) is 18.4 Å². The van der Waals surface area contributed by atoms with Gasteiger partial charge in [-0.15, -0.1) is 0 Å². The number of hydrogen-bond acceptors (Lipinski definition) is 3. The van der Waals surface area contributed by atoms with Crippen molar-refractivity contribution < 1.29 is 0 Å². The number of aromatic nitrogens is 2. The van der Waals surface area contributed by atoms with E-state index < -0.39 is 0 Å². The monoisotopic (exact) mass is 267 g/mol. The molecule has 1 aromatic rings. The van der Waals surface area contributed by atoms with Crippen LogP contribution >= 0.6 is 11.6 Å². The van der Waals surface area contributed by atoms with Crippen LogP contribution in [-0.2, 0) is 0 Å². The molecule has 1 N–H and O–H groups in total. The fourth-order valence-corrected chi connectivity index (χ4v) is 3.72. The summed E-state index contributed by atoms with van der Waals surface area (Å²) in [6.07, 6.45) is 6.83. The van der Waals surface area contributed by atoms with Gasteiger partial charge in [-0.05, 0) is 30.1 Å². The largest absolute Gasteiger partial charge is 0.365 e. The summed E-state index contributed by atoms with van der Waals surface area (Å²) in [7, 11) is 0. The van der Waals surface area contributed by atoms with Crippen LogP contribution in [0.1, 0.15) is 47.0 Å². The molecule has 0 bridgehead atoms. The summed E-state index contributed by atoms with van der Waals surface area (Å²) in [4.78, 5) is 8.32. The van der Waals surface area contributed by atoms with Crippen LogP contribution in [-0.4, -0.2) is 16.0 Å². The summed E-state index contributed by atoms with van der Waals surface area (Å²) < 4.78 is 0. The van der Waals surface area contributed by atoms with Crippen molar-refractivity contribution >= 4 is 17.4 Å². The predicted molar refractivity (Wildman–Crippen MR) is 75.9 cm³/mol. The van der Waals surface area contributed by atoms with Crippen LogP contribution in [0.25, 0.3) is 0 Å². The molecule has 0 aliphatic heterocycles. The Morgan fingerprint density at radius 2 is 1.67 bits per heavy atom. The quantitative estimate of drug-likeness (QED) is 0.875. The van der Waals surface area contributed by atoms with Crippen LogP contribution < -0.4 is 5.32 Å². The first-order valence-corrected chi connectivity index (χ1v) is 6.88. The molecule has 2 rings (SSSR count). The third-order valence-electron chi connectivity index (χ3n) is 3.55. The van der Waals surface area contributed by atoms with Gasteiger partial charge in [-0.2, -0.15) is 0 Å². The molecule has 1 aliphatic carbocycles. The van der Waals surface area contributed by atoms with Crippen LogP contribution in [0, 0.1) is 10.8 Å². The van der Waals surface area contributed by atoms with E-state index >= 15 is 0 Å². The first-order chi connectivity index (χ1) is 8.27. The van der Waals surface area contributed by atoms with E-state index in [9.17, 15) is 0 Å². The summed E-state index contributed by atoms with van der Waals surface area (Å²) in [5.41, 5.74) is 0.711. The molecular weight excluding hydrogens is 246 g/mol. The lowest BCUT2D eigenvalue weighted by Gasteiger charge is -2.45. The smallest absolute Gasteiger partial charge is 0.171 e. The van der Waals surface area contributed by atoms with Gasteiger partial charge in [0.1, 0.15) is 0 Å². The molecule has 0 spiro atoms. The van der Waals surface area contributed by atoms with E-state index in [0.717, 1.165) is 12.8 Å². The van der Waals surface area contributed by atoms with Gasteiger partial charge in [-0.1, -0.05) is 39.3 Å². The van der Waals surface area contributed by atoms with Crippen molar-refractivity contribution in [3.05, 3.63) is 17.5 Å². The van der Waals surface area contributed by atoms with Crippen molar-refractivity contribution in [1.82, 2.24) is 9.97 Å².